The molecule has 20 heavy (non-hydrogen) atoms. The van der Waals surface area contributed by atoms with E-state index in [-0.39, 0.29) is 0 Å². The molecule has 0 saturated carbocycles. The van der Waals surface area contributed by atoms with Gasteiger partial charge in [-0.05, 0) is 48.4 Å². The number of halogens is 1. The first-order chi connectivity index (χ1) is 9.72. The normalized spacial score (nSPS) is 14.9. The number of fused-ring (bicyclic) bond motifs is 1. The first kappa shape index (κ1) is 13.5. The van der Waals surface area contributed by atoms with E-state index in [1.165, 1.54) is 11.1 Å². The molecule has 2 aromatic carbocycles. The molecular weight excluding hydrogens is 270 g/mol. The molecule has 0 radical (unpaired) electrons. The smallest absolute Gasteiger partial charge is 0.123 e. The highest BCUT2D eigenvalue weighted by molar-refractivity contribution is 6.30. The van der Waals surface area contributed by atoms with Gasteiger partial charge in [-0.25, -0.2) is 0 Å². The van der Waals surface area contributed by atoms with Crippen LogP contribution >= 0.6 is 11.6 Å². The Kier molecular flexibility index (Phi) is 3.95. The third-order valence-electron chi connectivity index (χ3n) is 3.72. The summed E-state index contributed by atoms with van der Waals surface area (Å²) in [4.78, 5) is 2.34. The Hall–Kier alpha value is -1.51. The van der Waals surface area contributed by atoms with E-state index >= 15 is 0 Å². The Balaban J connectivity index is 1.75. The third kappa shape index (κ3) is 2.97. The van der Waals surface area contributed by atoms with Crippen molar-refractivity contribution in [1.29, 1.82) is 0 Å². The van der Waals surface area contributed by atoms with Crippen LogP contribution in [-0.2, 0) is 19.6 Å². The molecule has 0 atom stereocenters. The largest absolute Gasteiger partial charge is 0.489 e. The van der Waals surface area contributed by atoms with Crippen LogP contribution < -0.4 is 4.74 Å². The summed E-state index contributed by atoms with van der Waals surface area (Å²) in [7, 11) is 2.16. The third-order valence-corrected chi connectivity index (χ3v) is 3.97. The van der Waals surface area contributed by atoms with Gasteiger partial charge in [-0.1, -0.05) is 35.9 Å². The summed E-state index contributed by atoms with van der Waals surface area (Å²) in [6, 6.07) is 14.2. The molecule has 0 amide bonds. The molecule has 1 aliphatic rings. The number of rotatable bonds is 3. The van der Waals surface area contributed by atoms with Crippen LogP contribution in [0.5, 0.6) is 5.75 Å². The molecule has 0 aromatic heterocycles. The zero-order valence-electron chi connectivity index (χ0n) is 11.6. The Labute approximate surface area is 124 Å². The minimum atomic E-state index is 0.587. The standard InChI is InChI=1S/C17H18ClNO/c1-19-10-9-16-14(11-19)3-2-4-17(16)20-12-13-5-7-15(18)8-6-13/h2-8H,9-12H2,1H3. The predicted molar refractivity (Wildman–Crippen MR) is 82.3 cm³/mol. The van der Waals surface area contributed by atoms with Crippen molar-refractivity contribution in [3.05, 3.63) is 64.2 Å². The van der Waals surface area contributed by atoms with Crippen molar-refractivity contribution < 1.29 is 4.74 Å². The van der Waals surface area contributed by atoms with Crippen LogP contribution in [0.4, 0.5) is 0 Å². The van der Waals surface area contributed by atoms with E-state index in [9.17, 15) is 0 Å². The Bertz CT molecular complexity index is 594. The molecule has 0 spiro atoms. The van der Waals surface area contributed by atoms with Gasteiger partial charge in [0.05, 0.1) is 0 Å². The fourth-order valence-corrected chi connectivity index (χ4v) is 2.72. The van der Waals surface area contributed by atoms with E-state index in [1.54, 1.807) is 0 Å². The molecule has 3 heteroatoms. The van der Waals surface area contributed by atoms with E-state index in [0.29, 0.717) is 6.61 Å². The molecule has 3 rings (SSSR count). The quantitative estimate of drug-likeness (QED) is 0.849. The molecule has 0 N–H and O–H groups in total. The van der Waals surface area contributed by atoms with E-state index in [0.717, 1.165) is 35.8 Å². The number of likely N-dealkylation sites (N-methyl/N-ethyl adjacent to an activating group) is 1. The number of ether oxygens (including phenoxy) is 1. The molecule has 0 fully saturated rings. The summed E-state index contributed by atoms with van der Waals surface area (Å²) in [6.45, 7) is 2.69. The monoisotopic (exact) mass is 287 g/mol. The van der Waals surface area contributed by atoms with Crippen molar-refractivity contribution in [3.8, 4) is 5.75 Å². The molecule has 1 heterocycles. The Morgan fingerprint density at radius 1 is 1.15 bits per heavy atom. The second-order valence-electron chi connectivity index (χ2n) is 5.30. The zero-order valence-corrected chi connectivity index (χ0v) is 12.4. The lowest BCUT2D eigenvalue weighted by Crippen LogP contribution is -2.26. The van der Waals surface area contributed by atoms with Crippen LogP contribution in [0.1, 0.15) is 16.7 Å². The van der Waals surface area contributed by atoms with Crippen LogP contribution in [0.25, 0.3) is 0 Å². The van der Waals surface area contributed by atoms with Crippen LogP contribution in [-0.4, -0.2) is 18.5 Å². The molecular formula is C17H18ClNO. The van der Waals surface area contributed by atoms with Gasteiger partial charge in [-0.15, -0.1) is 0 Å². The lowest BCUT2D eigenvalue weighted by atomic mass is 9.99. The average Bonchev–Trinajstić information content (AvgIpc) is 2.46. The first-order valence-electron chi connectivity index (χ1n) is 6.89. The highest BCUT2D eigenvalue weighted by Crippen LogP contribution is 2.28. The van der Waals surface area contributed by atoms with Gasteiger partial charge in [0.2, 0.25) is 0 Å². The van der Waals surface area contributed by atoms with Gasteiger partial charge in [0.15, 0.2) is 0 Å². The fraction of sp³-hybridized carbons (Fsp3) is 0.294. The van der Waals surface area contributed by atoms with Gasteiger partial charge in [0.25, 0.3) is 0 Å². The second-order valence-corrected chi connectivity index (χ2v) is 5.73. The van der Waals surface area contributed by atoms with Crippen LogP contribution in [0.2, 0.25) is 5.02 Å². The Morgan fingerprint density at radius 2 is 1.95 bits per heavy atom. The molecule has 0 saturated heterocycles. The van der Waals surface area contributed by atoms with Crippen molar-refractivity contribution in [3.63, 3.8) is 0 Å². The molecule has 0 bridgehead atoms. The summed E-state index contributed by atoms with van der Waals surface area (Å²) in [5.74, 6) is 1.02. The number of hydrogen-bond donors (Lipinski definition) is 0. The fourth-order valence-electron chi connectivity index (χ4n) is 2.59. The molecule has 2 aromatic rings. The second kappa shape index (κ2) is 5.86. The Morgan fingerprint density at radius 3 is 2.75 bits per heavy atom. The maximum atomic E-state index is 6.00. The van der Waals surface area contributed by atoms with E-state index < -0.39 is 0 Å². The summed E-state index contributed by atoms with van der Waals surface area (Å²) < 4.78 is 6.00. The SMILES string of the molecule is CN1CCc2c(cccc2OCc2ccc(Cl)cc2)C1. The lowest BCUT2D eigenvalue weighted by Gasteiger charge is -2.26. The molecule has 0 aliphatic carbocycles. The molecule has 1 aliphatic heterocycles. The lowest BCUT2D eigenvalue weighted by molar-refractivity contribution is 0.283. The van der Waals surface area contributed by atoms with Crippen molar-refractivity contribution in [2.75, 3.05) is 13.6 Å². The minimum absolute atomic E-state index is 0.587. The van der Waals surface area contributed by atoms with Crippen LogP contribution in [0.15, 0.2) is 42.5 Å². The number of nitrogens with zero attached hydrogens (tertiary/aromatic N) is 1. The van der Waals surface area contributed by atoms with Crippen molar-refractivity contribution in [1.82, 2.24) is 4.90 Å². The highest BCUT2D eigenvalue weighted by atomic mass is 35.5. The average molecular weight is 288 g/mol. The number of benzene rings is 2. The summed E-state index contributed by atoms with van der Waals surface area (Å²) in [5, 5.41) is 0.758. The topological polar surface area (TPSA) is 12.5 Å². The van der Waals surface area contributed by atoms with Gasteiger partial charge >= 0.3 is 0 Å². The maximum Gasteiger partial charge on any atom is 0.123 e. The zero-order chi connectivity index (χ0) is 13.9. The molecule has 2 nitrogen and oxygen atoms in total. The van der Waals surface area contributed by atoms with Crippen molar-refractivity contribution in [2.45, 2.75) is 19.6 Å². The predicted octanol–water partition coefficient (Wildman–Crippen LogP) is 3.91. The van der Waals surface area contributed by atoms with Gasteiger partial charge in [0, 0.05) is 18.1 Å². The van der Waals surface area contributed by atoms with Crippen molar-refractivity contribution in [2.24, 2.45) is 0 Å². The maximum absolute atomic E-state index is 6.00. The highest BCUT2D eigenvalue weighted by Gasteiger charge is 2.16. The van der Waals surface area contributed by atoms with Gasteiger partial charge in [-0.3, -0.25) is 0 Å². The first-order valence-corrected chi connectivity index (χ1v) is 7.27. The molecule has 104 valence electrons. The van der Waals surface area contributed by atoms with E-state index in [1.807, 2.05) is 24.3 Å². The minimum Gasteiger partial charge on any atom is -0.489 e. The van der Waals surface area contributed by atoms with E-state index in [2.05, 4.69) is 30.1 Å². The summed E-state index contributed by atoms with van der Waals surface area (Å²) in [6.07, 6.45) is 1.06. The van der Waals surface area contributed by atoms with E-state index in [4.69, 9.17) is 16.3 Å². The summed E-state index contributed by atoms with van der Waals surface area (Å²) in [5.41, 5.74) is 3.88. The van der Waals surface area contributed by atoms with Gasteiger partial charge in [-0.2, -0.15) is 0 Å². The van der Waals surface area contributed by atoms with Gasteiger partial charge in [0.1, 0.15) is 12.4 Å². The van der Waals surface area contributed by atoms with Crippen LogP contribution in [0.3, 0.4) is 0 Å². The summed E-state index contributed by atoms with van der Waals surface area (Å²) >= 11 is 5.89. The molecule has 0 unspecified atom stereocenters. The van der Waals surface area contributed by atoms with Crippen LogP contribution in [0, 0.1) is 0 Å². The number of hydrogen-bond acceptors (Lipinski definition) is 2. The van der Waals surface area contributed by atoms with Gasteiger partial charge < -0.3 is 9.64 Å². The van der Waals surface area contributed by atoms with Crippen molar-refractivity contribution >= 4 is 11.6 Å².